The van der Waals surface area contributed by atoms with Crippen LogP contribution in [0, 0.1) is 0 Å². The molecule has 0 bridgehead atoms. The summed E-state index contributed by atoms with van der Waals surface area (Å²) >= 11 is 9.55. The lowest BCUT2D eigenvalue weighted by atomic mass is 10.2. The van der Waals surface area contributed by atoms with E-state index in [1.807, 2.05) is 59.4 Å². The molecule has 0 atom stereocenters. The SMILES string of the molecule is Clc1ccc(Br)c(CNc2ccc(-n3cccn3)cc2)c1. The molecule has 0 fully saturated rings. The lowest BCUT2D eigenvalue weighted by Crippen LogP contribution is -2.01. The highest BCUT2D eigenvalue weighted by Crippen LogP contribution is 2.22. The highest BCUT2D eigenvalue weighted by molar-refractivity contribution is 9.10. The van der Waals surface area contributed by atoms with E-state index in [2.05, 4.69) is 26.3 Å². The summed E-state index contributed by atoms with van der Waals surface area (Å²) in [4.78, 5) is 0. The summed E-state index contributed by atoms with van der Waals surface area (Å²) in [5.41, 5.74) is 3.21. The Labute approximate surface area is 136 Å². The van der Waals surface area contributed by atoms with Crippen LogP contribution >= 0.6 is 27.5 Å². The standard InChI is InChI=1S/C16H13BrClN3/c17-16-7-2-13(18)10-12(16)11-19-14-3-5-15(6-4-14)21-9-1-8-20-21/h1-10,19H,11H2. The van der Waals surface area contributed by atoms with Crippen molar-refractivity contribution in [1.29, 1.82) is 0 Å². The lowest BCUT2D eigenvalue weighted by Gasteiger charge is -2.09. The van der Waals surface area contributed by atoms with Gasteiger partial charge in [0.05, 0.1) is 5.69 Å². The molecule has 106 valence electrons. The summed E-state index contributed by atoms with van der Waals surface area (Å²) in [6.45, 7) is 0.711. The molecule has 3 nitrogen and oxygen atoms in total. The summed E-state index contributed by atoms with van der Waals surface area (Å²) in [7, 11) is 0. The van der Waals surface area contributed by atoms with E-state index in [0.29, 0.717) is 6.54 Å². The van der Waals surface area contributed by atoms with Crippen molar-refractivity contribution in [1.82, 2.24) is 9.78 Å². The second-order valence-electron chi connectivity index (χ2n) is 4.59. The number of benzene rings is 2. The number of hydrogen-bond donors (Lipinski definition) is 1. The predicted molar refractivity (Wildman–Crippen MR) is 90.0 cm³/mol. The van der Waals surface area contributed by atoms with Gasteiger partial charge in [0.15, 0.2) is 0 Å². The maximum atomic E-state index is 6.02. The Bertz CT molecular complexity index is 724. The van der Waals surface area contributed by atoms with E-state index in [1.54, 1.807) is 6.20 Å². The van der Waals surface area contributed by atoms with Crippen molar-refractivity contribution < 1.29 is 0 Å². The molecule has 0 aliphatic rings. The Hall–Kier alpha value is -1.78. The van der Waals surface area contributed by atoms with Crippen LogP contribution in [-0.4, -0.2) is 9.78 Å². The molecule has 0 radical (unpaired) electrons. The molecule has 2 aromatic carbocycles. The van der Waals surface area contributed by atoms with Gasteiger partial charge in [-0.1, -0.05) is 27.5 Å². The Balaban J connectivity index is 1.70. The van der Waals surface area contributed by atoms with Crippen molar-refractivity contribution in [3.8, 4) is 5.69 Å². The van der Waals surface area contributed by atoms with Gasteiger partial charge in [-0.15, -0.1) is 0 Å². The summed E-state index contributed by atoms with van der Waals surface area (Å²) < 4.78 is 2.88. The Kier molecular flexibility index (Phi) is 4.27. The molecule has 3 aromatic rings. The molecule has 0 aliphatic carbocycles. The normalized spacial score (nSPS) is 10.6. The van der Waals surface area contributed by atoms with Crippen LogP contribution in [0.25, 0.3) is 5.69 Å². The van der Waals surface area contributed by atoms with Gasteiger partial charge in [-0.2, -0.15) is 5.10 Å². The number of rotatable bonds is 4. The van der Waals surface area contributed by atoms with Crippen molar-refractivity contribution >= 4 is 33.2 Å². The van der Waals surface area contributed by atoms with Gasteiger partial charge in [0, 0.05) is 34.1 Å². The number of hydrogen-bond acceptors (Lipinski definition) is 2. The van der Waals surface area contributed by atoms with Crippen LogP contribution in [0.15, 0.2) is 65.4 Å². The molecule has 1 heterocycles. The van der Waals surface area contributed by atoms with Crippen LogP contribution in [0.5, 0.6) is 0 Å². The molecule has 0 unspecified atom stereocenters. The molecule has 5 heteroatoms. The topological polar surface area (TPSA) is 29.9 Å². The molecule has 0 amide bonds. The molecule has 3 rings (SSSR count). The van der Waals surface area contributed by atoms with Crippen molar-refractivity contribution in [3.63, 3.8) is 0 Å². The first-order valence-corrected chi connectivity index (χ1v) is 7.67. The molecule has 1 aromatic heterocycles. The van der Waals surface area contributed by atoms with E-state index < -0.39 is 0 Å². The molecule has 0 spiro atoms. The molecular formula is C16H13BrClN3. The van der Waals surface area contributed by atoms with Crippen LogP contribution in [-0.2, 0) is 6.54 Å². The summed E-state index contributed by atoms with van der Waals surface area (Å²) in [5.74, 6) is 0. The quantitative estimate of drug-likeness (QED) is 0.715. The van der Waals surface area contributed by atoms with Crippen LogP contribution < -0.4 is 5.32 Å². The molecule has 0 aliphatic heterocycles. The Morgan fingerprint density at radius 1 is 1.14 bits per heavy atom. The maximum Gasteiger partial charge on any atom is 0.0647 e. The smallest absolute Gasteiger partial charge is 0.0647 e. The van der Waals surface area contributed by atoms with Crippen molar-refractivity contribution in [2.45, 2.75) is 6.54 Å². The number of aromatic nitrogens is 2. The van der Waals surface area contributed by atoms with Crippen LogP contribution in [0.2, 0.25) is 5.02 Å². The van der Waals surface area contributed by atoms with Gasteiger partial charge in [-0.05, 0) is 54.1 Å². The zero-order valence-corrected chi connectivity index (χ0v) is 13.5. The minimum absolute atomic E-state index is 0.711. The van der Waals surface area contributed by atoms with Crippen molar-refractivity contribution in [3.05, 3.63) is 76.0 Å². The van der Waals surface area contributed by atoms with E-state index in [0.717, 1.165) is 26.4 Å². The van der Waals surface area contributed by atoms with Gasteiger partial charge < -0.3 is 5.32 Å². The van der Waals surface area contributed by atoms with E-state index in [-0.39, 0.29) is 0 Å². The fraction of sp³-hybridized carbons (Fsp3) is 0.0625. The summed E-state index contributed by atoms with van der Waals surface area (Å²) in [5, 5.41) is 8.33. The number of nitrogens with one attached hydrogen (secondary N) is 1. The zero-order valence-electron chi connectivity index (χ0n) is 11.1. The third-order valence-corrected chi connectivity index (χ3v) is 4.14. The van der Waals surface area contributed by atoms with Crippen molar-refractivity contribution in [2.24, 2.45) is 0 Å². The number of nitrogens with zero attached hydrogens (tertiary/aromatic N) is 2. The Morgan fingerprint density at radius 2 is 1.95 bits per heavy atom. The minimum Gasteiger partial charge on any atom is -0.381 e. The molecule has 0 saturated carbocycles. The first kappa shape index (κ1) is 14.2. The first-order chi connectivity index (χ1) is 10.2. The summed E-state index contributed by atoms with van der Waals surface area (Å²) in [6.07, 6.45) is 3.69. The van der Waals surface area contributed by atoms with Gasteiger partial charge in [0.2, 0.25) is 0 Å². The fourth-order valence-electron chi connectivity index (χ4n) is 2.03. The highest BCUT2D eigenvalue weighted by Gasteiger charge is 2.02. The summed E-state index contributed by atoms with van der Waals surface area (Å²) in [6, 6.07) is 15.8. The zero-order chi connectivity index (χ0) is 14.7. The van der Waals surface area contributed by atoms with Gasteiger partial charge in [-0.3, -0.25) is 0 Å². The van der Waals surface area contributed by atoms with Gasteiger partial charge in [-0.25, -0.2) is 4.68 Å². The van der Waals surface area contributed by atoms with Gasteiger partial charge >= 0.3 is 0 Å². The molecule has 1 N–H and O–H groups in total. The maximum absolute atomic E-state index is 6.02. The number of anilines is 1. The van der Waals surface area contributed by atoms with E-state index in [4.69, 9.17) is 11.6 Å². The lowest BCUT2D eigenvalue weighted by molar-refractivity contribution is 0.880. The molecular weight excluding hydrogens is 350 g/mol. The fourth-order valence-corrected chi connectivity index (χ4v) is 2.61. The average Bonchev–Trinajstić information content (AvgIpc) is 3.03. The highest BCUT2D eigenvalue weighted by atomic mass is 79.9. The number of halogens is 2. The van der Waals surface area contributed by atoms with Crippen LogP contribution in [0.4, 0.5) is 5.69 Å². The van der Waals surface area contributed by atoms with E-state index >= 15 is 0 Å². The third-order valence-electron chi connectivity index (χ3n) is 3.13. The second kappa shape index (κ2) is 6.33. The Morgan fingerprint density at radius 3 is 2.67 bits per heavy atom. The average molecular weight is 363 g/mol. The first-order valence-electron chi connectivity index (χ1n) is 6.50. The largest absolute Gasteiger partial charge is 0.381 e. The predicted octanol–water partition coefficient (Wildman–Crippen LogP) is 4.90. The minimum atomic E-state index is 0.711. The third kappa shape index (κ3) is 3.46. The van der Waals surface area contributed by atoms with E-state index in [1.165, 1.54) is 0 Å². The second-order valence-corrected chi connectivity index (χ2v) is 5.88. The van der Waals surface area contributed by atoms with Gasteiger partial charge in [0.25, 0.3) is 0 Å². The van der Waals surface area contributed by atoms with Gasteiger partial charge in [0.1, 0.15) is 0 Å². The van der Waals surface area contributed by atoms with E-state index in [9.17, 15) is 0 Å². The monoisotopic (exact) mass is 361 g/mol. The van der Waals surface area contributed by atoms with Crippen molar-refractivity contribution in [2.75, 3.05) is 5.32 Å². The van der Waals surface area contributed by atoms with Crippen LogP contribution in [0.1, 0.15) is 5.56 Å². The molecule has 0 saturated heterocycles. The van der Waals surface area contributed by atoms with Crippen LogP contribution in [0.3, 0.4) is 0 Å². The molecule has 21 heavy (non-hydrogen) atoms.